The molecular formula is C13H25NO2. The van der Waals surface area contributed by atoms with Crippen LogP contribution in [0, 0.1) is 5.92 Å². The van der Waals surface area contributed by atoms with Gasteiger partial charge in [0.2, 0.25) is 5.91 Å². The van der Waals surface area contributed by atoms with Gasteiger partial charge in [-0.15, -0.1) is 0 Å². The Hall–Kier alpha value is -0.570. The summed E-state index contributed by atoms with van der Waals surface area (Å²) in [5.41, 5.74) is 0. The molecule has 0 unspecified atom stereocenters. The fourth-order valence-electron chi connectivity index (χ4n) is 2.37. The van der Waals surface area contributed by atoms with Crippen molar-refractivity contribution in [2.75, 3.05) is 13.1 Å². The van der Waals surface area contributed by atoms with Crippen LogP contribution in [0.25, 0.3) is 0 Å². The van der Waals surface area contributed by atoms with Gasteiger partial charge < -0.3 is 10.0 Å². The number of unbranched alkanes of at least 4 members (excludes halogenated alkanes) is 1. The van der Waals surface area contributed by atoms with Crippen molar-refractivity contribution in [1.29, 1.82) is 0 Å². The molecule has 1 aliphatic rings. The molecule has 3 nitrogen and oxygen atoms in total. The predicted octanol–water partition coefficient (Wildman–Crippen LogP) is 2.19. The fraction of sp³-hybridized carbons (Fsp3) is 0.923. The number of aliphatic hydroxyl groups is 1. The zero-order chi connectivity index (χ0) is 12.0. The molecule has 0 aromatic rings. The summed E-state index contributed by atoms with van der Waals surface area (Å²) in [6, 6.07) is 0. The second kappa shape index (κ2) is 6.89. The summed E-state index contributed by atoms with van der Waals surface area (Å²) >= 11 is 0. The molecule has 1 aliphatic heterocycles. The molecule has 94 valence electrons. The highest BCUT2D eigenvalue weighted by atomic mass is 16.3. The Morgan fingerprint density at radius 2 is 2.25 bits per heavy atom. The molecule has 0 saturated carbocycles. The molecule has 0 aromatic carbocycles. The van der Waals surface area contributed by atoms with Gasteiger partial charge in [-0.1, -0.05) is 26.7 Å². The highest BCUT2D eigenvalue weighted by molar-refractivity contribution is 5.78. The molecule has 16 heavy (non-hydrogen) atoms. The van der Waals surface area contributed by atoms with Crippen LogP contribution in [0.1, 0.15) is 52.4 Å². The first kappa shape index (κ1) is 13.5. The minimum absolute atomic E-state index is 0.172. The Morgan fingerprint density at radius 1 is 1.50 bits per heavy atom. The van der Waals surface area contributed by atoms with E-state index in [2.05, 4.69) is 13.8 Å². The summed E-state index contributed by atoms with van der Waals surface area (Å²) in [4.78, 5) is 14.1. The molecule has 1 N–H and O–H groups in total. The van der Waals surface area contributed by atoms with E-state index in [-0.39, 0.29) is 17.9 Å². The zero-order valence-corrected chi connectivity index (χ0v) is 10.6. The SMILES string of the molecule is CCCC[C@@H](CC)C(=O)N1CCC[C@@H](O)C1. The largest absolute Gasteiger partial charge is 0.391 e. The number of hydrogen-bond donors (Lipinski definition) is 1. The molecule has 1 saturated heterocycles. The van der Waals surface area contributed by atoms with Crippen LogP contribution in [0.2, 0.25) is 0 Å². The summed E-state index contributed by atoms with van der Waals surface area (Å²) in [7, 11) is 0. The Morgan fingerprint density at radius 3 is 2.81 bits per heavy atom. The van der Waals surface area contributed by atoms with E-state index in [1.54, 1.807) is 0 Å². The van der Waals surface area contributed by atoms with E-state index in [1.807, 2.05) is 4.90 Å². The zero-order valence-electron chi connectivity index (χ0n) is 10.6. The maximum atomic E-state index is 12.2. The molecule has 1 fully saturated rings. The minimum Gasteiger partial charge on any atom is -0.391 e. The quantitative estimate of drug-likeness (QED) is 0.782. The lowest BCUT2D eigenvalue weighted by Crippen LogP contribution is -2.44. The van der Waals surface area contributed by atoms with E-state index in [0.29, 0.717) is 6.54 Å². The third-order valence-corrected chi connectivity index (χ3v) is 3.46. The van der Waals surface area contributed by atoms with Gasteiger partial charge in [0.05, 0.1) is 6.10 Å². The Bertz CT molecular complexity index is 218. The van der Waals surface area contributed by atoms with Crippen molar-refractivity contribution in [3.8, 4) is 0 Å². The minimum atomic E-state index is -0.304. The molecule has 2 atom stereocenters. The van der Waals surface area contributed by atoms with Crippen molar-refractivity contribution in [1.82, 2.24) is 4.90 Å². The van der Waals surface area contributed by atoms with Crippen LogP contribution >= 0.6 is 0 Å². The summed E-state index contributed by atoms with van der Waals surface area (Å²) in [6.07, 6.45) is 5.67. The van der Waals surface area contributed by atoms with Crippen LogP contribution in [0.3, 0.4) is 0 Å². The Labute approximate surface area is 98.8 Å². The number of likely N-dealkylation sites (tertiary alicyclic amines) is 1. The number of β-amino-alcohol motifs (C(OH)–C–C–N with tert-alkyl or cyclic N) is 1. The summed E-state index contributed by atoms with van der Waals surface area (Å²) < 4.78 is 0. The number of rotatable bonds is 5. The normalized spacial score (nSPS) is 23.2. The maximum absolute atomic E-state index is 12.2. The number of piperidine rings is 1. The van der Waals surface area contributed by atoms with E-state index < -0.39 is 0 Å². The lowest BCUT2D eigenvalue weighted by atomic mass is 9.96. The van der Waals surface area contributed by atoms with E-state index in [1.165, 1.54) is 0 Å². The fourth-order valence-corrected chi connectivity index (χ4v) is 2.37. The van der Waals surface area contributed by atoms with Gasteiger partial charge >= 0.3 is 0 Å². The van der Waals surface area contributed by atoms with Gasteiger partial charge in [-0.25, -0.2) is 0 Å². The standard InChI is InChI=1S/C13H25NO2/c1-3-5-7-11(4-2)13(16)14-9-6-8-12(15)10-14/h11-12,15H,3-10H2,1-2H3/t11-,12-/m1/s1. The van der Waals surface area contributed by atoms with Crippen LogP contribution in [0.5, 0.6) is 0 Å². The molecule has 1 rings (SSSR count). The molecule has 0 spiro atoms. The number of hydrogen-bond acceptors (Lipinski definition) is 2. The van der Waals surface area contributed by atoms with Gasteiger partial charge in [0.25, 0.3) is 0 Å². The maximum Gasteiger partial charge on any atom is 0.225 e. The molecule has 1 heterocycles. The number of carbonyl (C=O) groups is 1. The van der Waals surface area contributed by atoms with Crippen LogP contribution < -0.4 is 0 Å². The Kier molecular flexibility index (Phi) is 5.81. The van der Waals surface area contributed by atoms with E-state index in [9.17, 15) is 9.90 Å². The van der Waals surface area contributed by atoms with Gasteiger partial charge in [-0.3, -0.25) is 4.79 Å². The second-order valence-corrected chi connectivity index (χ2v) is 4.83. The van der Waals surface area contributed by atoms with Gasteiger partial charge in [0, 0.05) is 19.0 Å². The topological polar surface area (TPSA) is 40.5 Å². The molecule has 0 bridgehead atoms. The van der Waals surface area contributed by atoms with E-state index in [0.717, 1.165) is 45.1 Å². The van der Waals surface area contributed by atoms with Crippen LogP contribution in [-0.4, -0.2) is 35.1 Å². The average molecular weight is 227 g/mol. The highest BCUT2D eigenvalue weighted by Crippen LogP contribution is 2.19. The van der Waals surface area contributed by atoms with Crippen molar-refractivity contribution >= 4 is 5.91 Å². The second-order valence-electron chi connectivity index (χ2n) is 4.83. The third-order valence-electron chi connectivity index (χ3n) is 3.46. The summed E-state index contributed by atoms with van der Waals surface area (Å²) in [5.74, 6) is 0.431. The smallest absolute Gasteiger partial charge is 0.225 e. The Balaban J connectivity index is 2.46. The molecule has 0 radical (unpaired) electrons. The molecule has 1 amide bonds. The first-order valence-corrected chi connectivity index (χ1v) is 6.65. The number of aliphatic hydroxyl groups excluding tert-OH is 1. The van der Waals surface area contributed by atoms with E-state index in [4.69, 9.17) is 0 Å². The average Bonchev–Trinajstić information content (AvgIpc) is 2.29. The van der Waals surface area contributed by atoms with Gasteiger partial charge in [-0.2, -0.15) is 0 Å². The lowest BCUT2D eigenvalue weighted by molar-refractivity contribution is -0.139. The molecule has 3 heteroatoms. The van der Waals surface area contributed by atoms with Crippen molar-refractivity contribution in [2.24, 2.45) is 5.92 Å². The van der Waals surface area contributed by atoms with Gasteiger partial charge in [0.15, 0.2) is 0 Å². The first-order valence-electron chi connectivity index (χ1n) is 6.65. The van der Waals surface area contributed by atoms with Crippen molar-refractivity contribution in [2.45, 2.75) is 58.5 Å². The third kappa shape index (κ3) is 3.78. The number of nitrogens with zero attached hydrogens (tertiary/aromatic N) is 1. The molecule has 0 aromatic heterocycles. The monoisotopic (exact) mass is 227 g/mol. The van der Waals surface area contributed by atoms with Gasteiger partial charge in [0.1, 0.15) is 0 Å². The van der Waals surface area contributed by atoms with Gasteiger partial charge in [-0.05, 0) is 25.7 Å². The van der Waals surface area contributed by atoms with Crippen molar-refractivity contribution in [3.63, 3.8) is 0 Å². The predicted molar refractivity (Wildman–Crippen MR) is 65.1 cm³/mol. The van der Waals surface area contributed by atoms with Crippen LogP contribution in [-0.2, 0) is 4.79 Å². The van der Waals surface area contributed by atoms with Crippen LogP contribution in [0.15, 0.2) is 0 Å². The van der Waals surface area contributed by atoms with Crippen molar-refractivity contribution < 1.29 is 9.90 Å². The van der Waals surface area contributed by atoms with Crippen LogP contribution in [0.4, 0.5) is 0 Å². The highest BCUT2D eigenvalue weighted by Gasteiger charge is 2.26. The first-order chi connectivity index (χ1) is 7.69. The molecule has 0 aliphatic carbocycles. The number of amides is 1. The summed E-state index contributed by atoms with van der Waals surface area (Å²) in [6.45, 7) is 5.61. The lowest BCUT2D eigenvalue weighted by Gasteiger charge is -2.32. The van der Waals surface area contributed by atoms with E-state index >= 15 is 0 Å². The number of carbonyl (C=O) groups excluding carboxylic acids is 1. The molecular weight excluding hydrogens is 202 g/mol. The van der Waals surface area contributed by atoms with Crippen molar-refractivity contribution in [3.05, 3.63) is 0 Å². The summed E-state index contributed by atoms with van der Waals surface area (Å²) in [5, 5.41) is 9.57.